The van der Waals surface area contributed by atoms with Gasteiger partial charge in [-0.05, 0) is 55.0 Å². The molecule has 4 aliphatic rings. The van der Waals surface area contributed by atoms with Crippen molar-refractivity contribution in [1.29, 1.82) is 0 Å². The number of fused-ring (bicyclic) bond motifs is 1. The van der Waals surface area contributed by atoms with Gasteiger partial charge >= 0.3 is 0 Å². The number of amides is 2. The fourth-order valence-electron chi connectivity index (χ4n) is 4.73. The number of allylic oxidation sites excluding steroid dienone is 2. The summed E-state index contributed by atoms with van der Waals surface area (Å²) >= 11 is 6.09. The van der Waals surface area contributed by atoms with Gasteiger partial charge in [0.25, 0.3) is 11.8 Å². The second kappa shape index (κ2) is 6.88. The number of hydrogen-bond acceptors (Lipinski definition) is 5. The number of nitrogens with zero attached hydrogens (tertiary/aromatic N) is 2. The lowest BCUT2D eigenvalue weighted by Gasteiger charge is -2.37. The standard InChI is InChI=1S/C22H19ClN2O4/c1-28-17-8-6-14(23)10-16(17)18-9-7-15(29-18)11-24-25-21(26)19-12-2-3-13(5-4-12)20(19)22(25)27/h2-3,6-13,19-20H,4-5H2,1H3/b24-11-/t12-,13-,19+,20+/m0/s1. The number of hydrazone groups is 1. The van der Waals surface area contributed by atoms with E-state index >= 15 is 0 Å². The Labute approximate surface area is 172 Å². The number of benzene rings is 1. The van der Waals surface area contributed by atoms with Gasteiger partial charge in [0.2, 0.25) is 0 Å². The van der Waals surface area contributed by atoms with Crippen LogP contribution in [0.25, 0.3) is 11.3 Å². The summed E-state index contributed by atoms with van der Waals surface area (Å²) in [6, 6.07) is 8.75. The van der Waals surface area contributed by atoms with Crippen molar-refractivity contribution in [3.05, 3.63) is 53.3 Å². The number of rotatable bonds is 4. The fourth-order valence-corrected chi connectivity index (χ4v) is 4.90. The van der Waals surface area contributed by atoms with Crippen molar-refractivity contribution in [2.45, 2.75) is 12.8 Å². The lowest BCUT2D eigenvalue weighted by Crippen LogP contribution is -2.38. The number of methoxy groups -OCH3 is 1. The maximum atomic E-state index is 12.8. The Kier molecular flexibility index (Phi) is 4.32. The predicted octanol–water partition coefficient (Wildman–Crippen LogP) is 4.14. The molecule has 2 amide bonds. The van der Waals surface area contributed by atoms with Crippen LogP contribution in [0.5, 0.6) is 5.75 Å². The van der Waals surface area contributed by atoms with Crippen molar-refractivity contribution >= 4 is 29.6 Å². The van der Waals surface area contributed by atoms with E-state index in [-0.39, 0.29) is 35.5 Å². The Bertz CT molecular complexity index is 1020. The van der Waals surface area contributed by atoms with Crippen LogP contribution in [-0.2, 0) is 9.59 Å². The van der Waals surface area contributed by atoms with Crippen LogP contribution in [0.4, 0.5) is 0 Å². The van der Waals surface area contributed by atoms with Crippen LogP contribution in [0.1, 0.15) is 18.6 Å². The molecular formula is C22H19ClN2O4. The van der Waals surface area contributed by atoms with Crippen molar-refractivity contribution in [3.8, 4) is 17.1 Å². The van der Waals surface area contributed by atoms with Gasteiger partial charge in [-0.2, -0.15) is 10.1 Å². The summed E-state index contributed by atoms with van der Waals surface area (Å²) in [5.41, 5.74) is 0.710. The average molecular weight is 411 g/mol. The molecule has 148 valence electrons. The molecular weight excluding hydrogens is 392 g/mol. The van der Waals surface area contributed by atoms with Crippen molar-refractivity contribution in [3.63, 3.8) is 0 Å². The Balaban J connectivity index is 1.39. The predicted molar refractivity (Wildman–Crippen MR) is 107 cm³/mol. The summed E-state index contributed by atoms with van der Waals surface area (Å²) in [7, 11) is 1.57. The first-order chi connectivity index (χ1) is 14.1. The highest BCUT2D eigenvalue weighted by atomic mass is 35.5. The lowest BCUT2D eigenvalue weighted by molar-refractivity contribution is -0.140. The summed E-state index contributed by atoms with van der Waals surface area (Å²) in [6.07, 6.45) is 7.50. The monoisotopic (exact) mass is 410 g/mol. The van der Waals surface area contributed by atoms with Gasteiger partial charge in [-0.25, -0.2) is 0 Å². The smallest absolute Gasteiger partial charge is 0.254 e. The van der Waals surface area contributed by atoms with E-state index in [1.165, 1.54) is 6.21 Å². The molecule has 1 aromatic carbocycles. The van der Waals surface area contributed by atoms with E-state index in [9.17, 15) is 9.59 Å². The van der Waals surface area contributed by atoms with Crippen LogP contribution in [0, 0.1) is 23.7 Å². The number of furan rings is 1. The Morgan fingerprint density at radius 2 is 1.79 bits per heavy atom. The minimum absolute atomic E-state index is 0.146. The molecule has 3 aliphatic carbocycles. The van der Waals surface area contributed by atoms with E-state index in [1.807, 2.05) is 0 Å². The Hall–Kier alpha value is -2.86. The Morgan fingerprint density at radius 3 is 2.41 bits per heavy atom. The van der Waals surface area contributed by atoms with Gasteiger partial charge in [0, 0.05) is 5.02 Å². The van der Waals surface area contributed by atoms with Gasteiger partial charge in [-0.1, -0.05) is 23.8 Å². The van der Waals surface area contributed by atoms with Crippen LogP contribution in [0.2, 0.25) is 5.02 Å². The molecule has 0 spiro atoms. The molecule has 1 aliphatic heterocycles. The number of halogens is 1. The zero-order valence-electron chi connectivity index (χ0n) is 15.7. The number of ether oxygens (including phenoxy) is 1. The first-order valence-corrected chi connectivity index (χ1v) is 9.98. The molecule has 6 rings (SSSR count). The minimum Gasteiger partial charge on any atom is -0.496 e. The summed E-state index contributed by atoms with van der Waals surface area (Å²) in [6.45, 7) is 0. The Morgan fingerprint density at radius 1 is 1.10 bits per heavy atom. The summed E-state index contributed by atoms with van der Waals surface area (Å²) in [5.74, 6) is 0.942. The topological polar surface area (TPSA) is 72.1 Å². The molecule has 4 atom stereocenters. The van der Waals surface area contributed by atoms with Gasteiger partial charge < -0.3 is 9.15 Å². The summed E-state index contributed by atoms with van der Waals surface area (Å²) in [5, 5.41) is 5.76. The molecule has 7 heteroatoms. The van der Waals surface area contributed by atoms with Crippen LogP contribution in [0.15, 0.2) is 52.0 Å². The quantitative estimate of drug-likeness (QED) is 0.431. The fraction of sp³-hybridized carbons (Fsp3) is 0.318. The maximum absolute atomic E-state index is 12.8. The minimum atomic E-state index is -0.272. The SMILES string of the molecule is COc1ccc(Cl)cc1-c1ccc(/C=N\N2C(=O)[C@H]3[C@H](C2=O)[C@H]2C=C[C@H]3CC2)o1. The lowest BCUT2D eigenvalue weighted by atomic mass is 9.63. The van der Waals surface area contributed by atoms with Gasteiger partial charge in [-0.15, -0.1) is 0 Å². The summed E-state index contributed by atoms with van der Waals surface area (Å²) < 4.78 is 11.2. The normalized spacial score (nSPS) is 27.9. The molecule has 1 aromatic heterocycles. The molecule has 2 aromatic rings. The second-order valence-electron chi connectivity index (χ2n) is 7.62. The highest BCUT2D eigenvalue weighted by molar-refractivity contribution is 6.31. The van der Waals surface area contributed by atoms with Crippen LogP contribution >= 0.6 is 11.6 Å². The third kappa shape index (κ3) is 2.90. The van der Waals surface area contributed by atoms with E-state index in [0.717, 1.165) is 17.9 Å². The molecule has 29 heavy (non-hydrogen) atoms. The molecule has 2 fully saturated rings. The average Bonchev–Trinajstić information content (AvgIpc) is 3.32. The van der Waals surface area contributed by atoms with E-state index in [4.69, 9.17) is 20.8 Å². The van der Waals surface area contributed by atoms with Crippen LogP contribution in [-0.4, -0.2) is 30.1 Å². The van der Waals surface area contributed by atoms with Crippen molar-refractivity contribution < 1.29 is 18.7 Å². The molecule has 0 N–H and O–H groups in total. The van der Waals surface area contributed by atoms with Gasteiger partial charge in [0.15, 0.2) is 0 Å². The maximum Gasteiger partial charge on any atom is 0.254 e. The number of carbonyl (C=O) groups excluding carboxylic acids is 2. The third-order valence-corrected chi connectivity index (χ3v) is 6.33. The highest BCUT2D eigenvalue weighted by Crippen LogP contribution is 2.49. The molecule has 1 saturated heterocycles. The highest BCUT2D eigenvalue weighted by Gasteiger charge is 2.56. The van der Waals surface area contributed by atoms with Gasteiger partial charge in [0.1, 0.15) is 17.3 Å². The van der Waals surface area contributed by atoms with E-state index in [0.29, 0.717) is 27.9 Å². The summed E-state index contributed by atoms with van der Waals surface area (Å²) in [4.78, 5) is 25.6. The zero-order valence-corrected chi connectivity index (χ0v) is 16.5. The molecule has 0 unspecified atom stereocenters. The van der Waals surface area contributed by atoms with Gasteiger partial charge in [0.05, 0.1) is 30.7 Å². The van der Waals surface area contributed by atoms with Gasteiger partial charge in [-0.3, -0.25) is 9.59 Å². The number of hydrogen-bond donors (Lipinski definition) is 0. The van der Waals surface area contributed by atoms with Crippen molar-refractivity contribution in [2.24, 2.45) is 28.8 Å². The van der Waals surface area contributed by atoms with Crippen molar-refractivity contribution in [2.75, 3.05) is 7.11 Å². The van der Waals surface area contributed by atoms with E-state index < -0.39 is 0 Å². The molecule has 6 nitrogen and oxygen atoms in total. The molecule has 0 radical (unpaired) electrons. The first kappa shape index (κ1) is 18.2. The van der Waals surface area contributed by atoms with E-state index in [2.05, 4.69) is 17.3 Å². The third-order valence-electron chi connectivity index (χ3n) is 6.09. The molecule has 2 bridgehead atoms. The number of carbonyl (C=O) groups is 2. The van der Waals surface area contributed by atoms with E-state index in [1.54, 1.807) is 37.4 Å². The van der Waals surface area contributed by atoms with Crippen molar-refractivity contribution in [1.82, 2.24) is 5.01 Å². The van der Waals surface area contributed by atoms with Crippen LogP contribution in [0.3, 0.4) is 0 Å². The van der Waals surface area contributed by atoms with Crippen LogP contribution < -0.4 is 4.74 Å². The number of imide groups is 1. The second-order valence-corrected chi connectivity index (χ2v) is 8.06. The molecule has 2 heterocycles. The largest absolute Gasteiger partial charge is 0.496 e. The first-order valence-electron chi connectivity index (χ1n) is 9.60. The zero-order chi connectivity index (χ0) is 20.1. The molecule has 1 saturated carbocycles.